The highest BCUT2D eigenvalue weighted by molar-refractivity contribution is 7.88. The van der Waals surface area contributed by atoms with Crippen LogP contribution in [0.4, 0.5) is 10.5 Å². The summed E-state index contributed by atoms with van der Waals surface area (Å²) >= 11 is 0. The Labute approximate surface area is 147 Å². The van der Waals surface area contributed by atoms with E-state index in [4.69, 9.17) is 4.74 Å². The number of hydrogen-bond donors (Lipinski definition) is 1. The van der Waals surface area contributed by atoms with Crippen LogP contribution in [-0.2, 0) is 20.5 Å². The first-order valence-corrected chi connectivity index (χ1v) is 9.64. The standard InChI is InChI=1S/C18H20N2O4S/c1-14-7-9-16(10-8-14)20-12-17(24-18(20)21)11-19-25(22,23)13-15-5-3-2-4-6-15/h2-10,17,19H,11-13H2,1H3. The Morgan fingerprint density at radius 3 is 2.48 bits per heavy atom. The first-order valence-electron chi connectivity index (χ1n) is 7.99. The van der Waals surface area contributed by atoms with E-state index in [0.717, 1.165) is 11.3 Å². The van der Waals surface area contributed by atoms with Crippen molar-refractivity contribution in [2.24, 2.45) is 0 Å². The van der Waals surface area contributed by atoms with Crippen LogP contribution in [-0.4, -0.2) is 33.7 Å². The second kappa shape index (κ2) is 7.25. The van der Waals surface area contributed by atoms with Gasteiger partial charge in [0.1, 0.15) is 6.10 Å². The summed E-state index contributed by atoms with van der Waals surface area (Å²) in [4.78, 5) is 13.5. The monoisotopic (exact) mass is 360 g/mol. The third kappa shape index (κ3) is 4.58. The number of carbonyl (C=O) groups excluding carboxylic acids is 1. The number of cyclic esters (lactones) is 1. The van der Waals surface area contributed by atoms with Crippen molar-refractivity contribution in [2.45, 2.75) is 18.8 Å². The van der Waals surface area contributed by atoms with E-state index in [1.807, 2.05) is 37.3 Å². The van der Waals surface area contributed by atoms with Crippen LogP contribution in [0.25, 0.3) is 0 Å². The van der Waals surface area contributed by atoms with Gasteiger partial charge in [-0.15, -0.1) is 0 Å². The maximum atomic E-state index is 12.2. The molecule has 2 aromatic carbocycles. The van der Waals surface area contributed by atoms with E-state index in [9.17, 15) is 13.2 Å². The first kappa shape index (κ1) is 17.4. The van der Waals surface area contributed by atoms with Crippen LogP contribution in [0.5, 0.6) is 0 Å². The molecule has 1 aliphatic heterocycles. The molecule has 1 saturated heterocycles. The van der Waals surface area contributed by atoms with E-state index in [-0.39, 0.29) is 12.3 Å². The molecule has 1 amide bonds. The number of rotatable bonds is 6. The van der Waals surface area contributed by atoms with E-state index in [1.54, 1.807) is 24.3 Å². The van der Waals surface area contributed by atoms with Crippen LogP contribution in [0.3, 0.4) is 0 Å². The van der Waals surface area contributed by atoms with Crippen molar-refractivity contribution in [3.05, 3.63) is 65.7 Å². The highest BCUT2D eigenvalue weighted by atomic mass is 32.2. The lowest BCUT2D eigenvalue weighted by atomic mass is 10.2. The molecule has 1 atom stereocenters. The average Bonchev–Trinajstić information content (AvgIpc) is 2.95. The van der Waals surface area contributed by atoms with Gasteiger partial charge in [0.05, 0.1) is 12.3 Å². The number of sulfonamides is 1. The van der Waals surface area contributed by atoms with Gasteiger partial charge < -0.3 is 4.74 Å². The summed E-state index contributed by atoms with van der Waals surface area (Å²) in [5.41, 5.74) is 2.55. The van der Waals surface area contributed by atoms with Crippen molar-refractivity contribution in [1.82, 2.24) is 4.72 Å². The minimum atomic E-state index is -3.49. The molecular formula is C18H20N2O4S. The summed E-state index contributed by atoms with van der Waals surface area (Å²) in [7, 11) is -3.49. The molecule has 0 radical (unpaired) electrons. The Kier molecular flexibility index (Phi) is 5.06. The van der Waals surface area contributed by atoms with E-state index in [0.29, 0.717) is 12.1 Å². The Hall–Kier alpha value is -2.38. The van der Waals surface area contributed by atoms with Gasteiger partial charge in [-0.2, -0.15) is 0 Å². The minimum absolute atomic E-state index is 0.0588. The fourth-order valence-electron chi connectivity index (χ4n) is 2.63. The molecule has 132 valence electrons. The average molecular weight is 360 g/mol. The van der Waals surface area contributed by atoms with Gasteiger partial charge in [0.2, 0.25) is 10.0 Å². The lowest BCUT2D eigenvalue weighted by Crippen LogP contribution is -2.35. The summed E-state index contributed by atoms with van der Waals surface area (Å²) < 4.78 is 32.1. The smallest absolute Gasteiger partial charge is 0.414 e. The molecule has 1 aliphatic rings. The molecule has 2 aromatic rings. The Balaban J connectivity index is 1.57. The van der Waals surface area contributed by atoms with Gasteiger partial charge >= 0.3 is 6.09 Å². The highest BCUT2D eigenvalue weighted by Gasteiger charge is 2.32. The Morgan fingerprint density at radius 1 is 1.12 bits per heavy atom. The molecule has 1 fully saturated rings. The number of nitrogens with zero attached hydrogens (tertiary/aromatic N) is 1. The summed E-state index contributed by atoms with van der Waals surface area (Å²) in [5.74, 6) is -0.101. The molecule has 6 nitrogen and oxygen atoms in total. The summed E-state index contributed by atoms with van der Waals surface area (Å²) in [6, 6.07) is 16.5. The molecule has 0 aromatic heterocycles. The molecule has 1 unspecified atom stereocenters. The fraction of sp³-hybridized carbons (Fsp3) is 0.278. The van der Waals surface area contributed by atoms with Gasteiger partial charge in [0.15, 0.2) is 0 Å². The molecule has 0 aliphatic carbocycles. The van der Waals surface area contributed by atoms with Crippen LogP contribution in [0.15, 0.2) is 54.6 Å². The number of carbonyl (C=O) groups is 1. The number of hydrogen-bond acceptors (Lipinski definition) is 4. The van der Waals surface area contributed by atoms with Crippen LogP contribution in [0, 0.1) is 6.92 Å². The van der Waals surface area contributed by atoms with Crippen molar-refractivity contribution in [2.75, 3.05) is 18.0 Å². The van der Waals surface area contributed by atoms with Crippen molar-refractivity contribution in [3.63, 3.8) is 0 Å². The zero-order valence-corrected chi connectivity index (χ0v) is 14.7. The van der Waals surface area contributed by atoms with Crippen molar-refractivity contribution in [3.8, 4) is 0 Å². The maximum absolute atomic E-state index is 12.2. The first-order chi connectivity index (χ1) is 11.9. The van der Waals surface area contributed by atoms with Gasteiger partial charge in [-0.1, -0.05) is 48.0 Å². The largest absolute Gasteiger partial charge is 0.443 e. The zero-order chi connectivity index (χ0) is 17.9. The molecule has 0 bridgehead atoms. The number of nitrogens with one attached hydrogen (secondary N) is 1. The summed E-state index contributed by atoms with van der Waals surface area (Å²) in [5, 5.41) is 0. The lowest BCUT2D eigenvalue weighted by molar-refractivity contribution is 0.143. The topological polar surface area (TPSA) is 75.7 Å². The Bertz CT molecular complexity index is 835. The second-order valence-corrected chi connectivity index (χ2v) is 7.85. The van der Waals surface area contributed by atoms with Crippen LogP contribution in [0.1, 0.15) is 11.1 Å². The van der Waals surface area contributed by atoms with E-state index in [2.05, 4.69) is 4.72 Å². The van der Waals surface area contributed by atoms with Gasteiger partial charge in [-0.3, -0.25) is 4.90 Å². The zero-order valence-electron chi connectivity index (χ0n) is 13.9. The third-order valence-electron chi connectivity index (χ3n) is 3.95. The van der Waals surface area contributed by atoms with Crippen LogP contribution < -0.4 is 9.62 Å². The second-order valence-electron chi connectivity index (χ2n) is 6.05. The lowest BCUT2D eigenvalue weighted by Gasteiger charge is -2.13. The predicted octanol–water partition coefficient (Wildman–Crippen LogP) is 2.44. The van der Waals surface area contributed by atoms with Gasteiger partial charge in [0.25, 0.3) is 0 Å². The molecule has 7 heteroatoms. The van der Waals surface area contributed by atoms with Gasteiger partial charge in [-0.05, 0) is 24.6 Å². The summed E-state index contributed by atoms with van der Waals surface area (Å²) in [6.07, 6.45) is -0.976. The Morgan fingerprint density at radius 2 is 1.80 bits per heavy atom. The van der Waals surface area contributed by atoms with Crippen molar-refractivity contribution < 1.29 is 17.9 Å². The molecule has 1 N–H and O–H groups in total. The number of benzene rings is 2. The molecule has 1 heterocycles. The summed E-state index contributed by atoms with van der Waals surface area (Å²) in [6.45, 7) is 2.34. The van der Waals surface area contributed by atoms with E-state index >= 15 is 0 Å². The molecule has 0 saturated carbocycles. The highest BCUT2D eigenvalue weighted by Crippen LogP contribution is 2.21. The predicted molar refractivity (Wildman–Crippen MR) is 95.9 cm³/mol. The van der Waals surface area contributed by atoms with Crippen LogP contribution in [0.2, 0.25) is 0 Å². The van der Waals surface area contributed by atoms with Gasteiger partial charge in [0, 0.05) is 12.2 Å². The minimum Gasteiger partial charge on any atom is -0.443 e. The van der Waals surface area contributed by atoms with Crippen molar-refractivity contribution in [1.29, 1.82) is 0 Å². The quantitative estimate of drug-likeness (QED) is 0.858. The third-order valence-corrected chi connectivity index (χ3v) is 5.27. The number of anilines is 1. The number of amides is 1. The molecule has 25 heavy (non-hydrogen) atoms. The SMILES string of the molecule is Cc1ccc(N2CC(CNS(=O)(=O)Cc3ccccc3)OC2=O)cc1. The van der Waals surface area contributed by atoms with E-state index < -0.39 is 22.2 Å². The molecule has 3 rings (SSSR count). The maximum Gasteiger partial charge on any atom is 0.414 e. The van der Waals surface area contributed by atoms with E-state index in [1.165, 1.54) is 4.90 Å². The van der Waals surface area contributed by atoms with Gasteiger partial charge in [-0.25, -0.2) is 17.9 Å². The fourth-order valence-corrected chi connectivity index (χ4v) is 3.80. The molecular weight excluding hydrogens is 340 g/mol. The normalized spacial score (nSPS) is 17.6. The van der Waals surface area contributed by atoms with Crippen molar-refractivity contribution >= 4 is 21.8 Å². The number of aryl methyl sites for hydroxylation is 1. The number of ether oxygens (including phenoxy) is 1. The molecule has 0 spiro atoms. The van der Waals surface area contributed by atoms with Crippen LogP contribution >= 0.6 is 0 Å².